The van der Waals surface area contributed by atoms with Crippen molar-refractivity contribution in [1.29, 1.82) is 0 Å². The van der Waals surface area contributed by atoms with E-state index in [0.29, 0.717) is 10.7 Å². The normalized spacial score (nSPS) is 12.5. The van der Waals surface area contributed by atoms with Crippen molar-refractivity contribution in [2.45, 2.75) is 32.8 Å². The van der Waals surface area contributed by atoms with Crippen LogP contribution in [0.4, 0.5) is 0 Å². The first-order valence-corrected chi connectivity index (χ1v) is 9.24. The summed E-state index contributed by atoms with van der Waals surface area (Å²) in [6.45, 7) is 3.86. The Morgan fingerprint density at radius 3 is 2.88 bits per heavy atom. The van der Waals surface area contributed by atoms with Crippen LogP contribution < -0.4 is 0 Å². The highest BCUT2D eigenvalue weighted by Gasteiger charge is 2.19. The molecular weight excluding hydrogens is 420 g/mol. The van der Waals surface area contributed by atoms with Gasteiger partial charge in [-0.1, -0.05) is 11.6 Å². The zero-order valence-corrected chi connectivity index (χ0v) is 17.0. The summed E-state index contributed by atoms with van der Waals surface area (Å²) in [6, 6.07) is 1.76. The Kier molecular flexibility index (Phi) is 5.70. The Bertz CT molecular complexity index is 973. The molecule has 1 atom stereocenters. The van der Waals surface area contributed by atoms with Crippen molar-refractivity contribution in [3.05, 3.63) is 56.7 Å². The molecule has 3 aromatic rings. The highest BCUT2D eigenvalue weighted by molar-refractivity contribution is 9.10. The van der Waals surface area contributed by atoms with Crippen LogP contribution in [-0.2, 0) is 22.4 Å². The standard InChI is InChI=1S/C18H18BrClN4O2/c1-10-17(19)16(11(2)26-3)13(7-21-10)6-14(25)4-12-5-15(20)18-22-9-23-24(18)8-12/h5,7-9,11H,4,6H2,1-3H3/t11-/m1/s1. The molecule has 8 heteroatoms. The second-order valence-electron chi connectivity index (χ2n) is 6.09. The fraction of sp³-hybridized carbons (Fsp3) is 0.333. The lowest BCUT2D eigenvalue weighted by atomic mass is 9.98. The quantitative estimate of drug-likeness (QED) is 0.585. The zero-order valence-electron chi connectivity index (χ0n) is 14.7. The number of halogens is 2. The molecule has 0 N–H and O–H groups in total. The summed E-state index contributed by atoms with van der Waals surface area (Å²) >= 11 is 9.78. The van der Waals surface area contributed by atoms with Crippen molar-refractivity contribution in [2.24, 2.45) is 0 Å². The van der Waals surface area contributed by atoms with E-state index in [1.54, 1.807) is 30.1 Å². The average molecular weight is 438 g/mol. The molecule has 3 rings (SSSR count). The van der Waals surface area contributed by atoms with E-state index in [0.717, 1.165) is 26.9 Å². The van der Waals surface area contributed by atoms with Crippen LogP contribution in [0, 0.1) is 6.92 Å². The molecule has 0 aliphatic heterocycles. The highest BCUT2D eigenvalue weighted by Crippen LogP contribution is 2.31. The molecule has 0 bridgehead atoms. The van der Waals surface area contributed by atoms with Crippen molar-refractivity contribution >= 4 is 39.0 Å². The molecule has 0 unspecified atom stereocenters. The van der Waals surface area contributed by atoms with Gasteiger partial charge in [0.15, 0.2) is 5.65 Å². The molecule has 136 valence electrons. The number of ether oxygens (including phenoxy) is 1. The lowest BCUT2D eigenvalue weighted by Crippen LogP contribution is -2.12. The molecule has 3 heterocycles. The number of rotatable bonds is 6. The van der Waals surface area contributed by atoms with Gasteiger partial charge in [-0.05, 0) is 47.0 Å². The Balaban J connectivity index is 1.84. The van der Waals surface area contributed by atoms with E-state index >= 15 is 0 Å². The topological polar surface area (TPSA) is 69.4 Å². The molecule has 0 fully saturated rings. The number of carbonyl (C=O) groups is 1. The van der Waals surface area contributed by atoms with Crippen LogP contribution >= 0.6 is 27.5 Å². The van der Waals surface area contributed by atoms with E-state index in [-0.39, 0.29) is 24.7 Å². The number of hydrogen-bond acceptors (Lipinski definition) is 5. The van der Waals surface area contributed by atoms with E-state index in [1.165, 1.54) is 6.33 Å². The summed E-state index contributed by atoms with van der Waals surface area (Å²) in [6.07, 6.45) is 5.32. The maximum Gasteiger partial charge on any atom is 0.173 e. The summed E-state index contributed by atoms with van der Waals surface area (Å²) in [5.41, 5.74) is 4.04. The van der Waals surface area contributed by atoms with Crippen LogP contribution in [0.25, 0.3) is 5.65 Å². The second-order valence-corrected chi connectivity index (χ2v) is 7.29. The van der Waals surface area contributed by atoms with Crippen molar-refractivity contribution in [1.82, 2.24) is 19.6 Å². The highest BCUT2D eigenvalue weighted by atomic mass is 79.9. The number of nitrogens with zero attached hydrogens (tertiary/aromatic N) is 4. The summed E-state index contributed by atoms with van der Waals surface area (Å²) in [4.78, 5) is 21.1. The van der Waals surface area contributed by atoms with Crippen LogP contribution in [0.5, 0.6) is 0 Å². The van der Waals surface area contributed by atoms with E-state index in [2.05, 4.69) is 31.0 Å². The first kappa shape index (κ1) is 18.9. The maximum absolute atomic E-state index is 12.7. The SMILES string of the molecule is CO[C@H](C)c1c(CC(=O)Cc2cc(Cl)c3ncnn3c2)cnc(C)c1Br. The van der Waals surface area contributed by atoms with Gasteiger partial charge in [0.05, 0.1) is 16.8 Å². The number of aromatic nitrogens is 4. The smallest absolute Gasteiger partial charge is 0.173 e. The van der Waals surface area contributed by atoms with Crippen molar-refractivity contribution < 1.29 is 9.53 Å². The van der Waals surface area contributed by atoms with Gasteiger partial charge in [-0.2, -0.15) is 5.10 Å². The molecule has 0 saturated carbocycles. The van der Waals surface area contributed by atoms with E-state index in [4.69, 9.17) is 16.3 Å². The van der Waals surface area contributed by atoms with Gasteiger partial charge in [0, 0.05) is 42.4 Å². The summed E-state index contributed by atoms with van der Waals surface area (Å²) in [5.74, 6) is 0.0580. The fourth-order valence-corrected chi connectivity index (χ4v) is 3.83. The number of pyridine rings is 2. The number of methoxy groups -OCH3 is 1. The number of carbonyl (C=O) groups excluding carboxylic acids is 1. The summed E-state index contributed by atoms with van der Waals surface area (Å²) < 4.78 is 7.92. The Morgan fingerprint density at radius 1 is 1.38 bits per heavy atom. The first-order valence-electron chi connectivity index (χ1n) is 8.06. The van der Waals surface area contributed by atoms with Crippen LogP contribution in [0.3, 0.4) is 0 Å². The predicted molar refractivity (Wildman–Crippen MR) is 103 cm³/mol. The predicted octanol–water partition coefficient (Wildman–Crippen LogP) is 3.91. The first-order chi connectivity index (χ1) is 12.4. The molecule has 0 aliphatic rings. The Hall–Kier alpha value is -1.83. The molecule has 3 aromatic heterocycles. The molecule has 0 aromatic carbocycles. The minimum Gasteiger partial charge on any atom is -0.377 e. The molecule has 6 nitrogen and oxygen atoms in total. The zero-order chi connectivity index (χ0) is 18.8. The number of hydrogen-bond donors (Lipinski definition) is 0. The monoisotopic (exact) mass is 436 g/mol. The van der Waals surface area contributed by atoms with Crippen LogP contribution in [-0.4, -0.2) is 32.5 Å². The molecule has 26 heavy (non-hydrogen) atoms. The summed E-state index contributed by atoms with van der Waals surface area (Å²) in [7, 11) is 1.65. The van der Waals surface area contributed by atoms with E-state index in [1.807, 2.05) is 13.8 Å². The van der Waals surface area contributed by atoms with Crippen molar-refractivity contribution in [2.75, 3.05) is 7.11 Å². The molecular formula is C18H18BrClN4O2. The fourth-order valence-electron chi connectivity index (χ4n) is 2.87. The van der Waals surface area contributed by atoms with Gasteiger partial charge in [0.1, 0.15) is 12.1 Å². The minimum atomic E-state index is -0.144. The van der Waals surface area contributed by atoms with E-state index in [9.17, 15) is 4.79 Å². The van der Waals surface area contributed by atoms with Gasteiger partial charge >= 0.3 is 0 Å². The molecule has 0 amide bonds. The Morgan fingerprint density at radius 2 is 2.15 bits per heavy atom. The van der Waals surface area contributed by atoms with Gasteiger partial charge in [0.25, 0.3) is 0 Å². The number of Topliss-reactive ketones (excluding diaryl/α,β-unsaturated/α-hetero) is 1. The second kappa shape index (κ2) is 7.82. The van der Waals surface area contributed by atoms with E-state index < -0.39 is 0 Å². The number of ketones is 1. The maximum atomic E-state index is 12.7. The number of fused-ring (bicyclic) bond motifs is 1. The Labute approximate surface area is 164 Å². The number of aryl methyl sites for hydroxylation is 1. The van der Waals surface area contributed by atoms with Crippen LogP contribution in [0.1, 0.15) is 35.4 Å². The third-order valence-corrected chi connectivity index (χ3v) is 5.53. The van der Waals surface area contributed by atoms with Gasteiger partial charge in [-0.25, -0.2) is 9.50 Å². The van der Waals surface area contributed by atoms with Crippen molar-refractivity contribution in [3.63, 3.8) is 0 Å². The summed E-state index contributed by atoms with van der Waals surface area (Å²) in [5, 5.41) is 4.55. The van der Waals surface area contributed by atoms with Crippen LogP contribution in [0.15, 0.2) is 29.3 Å². The third-order valence-electron chi connectivity index (χ3n) is 4.25. The minimum absolute atomic E-state index is 0.0580. The lowest BCUT2D eigenvalue weighted by molar-refractivity contribution is -0.117. The molecule has 0 aliphatic carbocycles. The van der Waals surface area contributed by atoms with Crippen molar-refractivity contribution in [3.8, 4) is 0 Å². The van der Waals surface area contributed by atoms with Gasteiger partial charge < -0.3 is 4.74 Å². The molecule has 0 saturated heterocycles. The lowest BCUT2D eigenvalue weighted by Gasteiger charge is -2.18. The molecule has 0 spiro atoms. The molecule has 0 radical (unpaired) electrons. The van der Waals surface area contributed by atoms with Gasteiger partial charge in [0.2, 0.25) is 0 Å². The largest absolute Gasteiger partial charge is 0.377 e. The average Bonchev–Trinajstić information content (AvgIpc) is 3.07. The third kappa shape index (κ3) is 3.79. The van der Waals surface area contributed by atoms with Gasteiger partial charge in [-0.3, -0.25) is 9.78 Å². The van der Waals surface area contributed by atoms with Gasteiger partial charge in [-0.15, -0.1) is 0 Å². The van der Waals surface area contributed by atoms with Crippen LogP contribution in [0.2, 0.25) is 5.02 Å².